The molecule has 1 rings (SSSR count). The van der Waals surface area contributed by atoms with Gasteiger partial charge in [-0.15, -0.1) is 12.3 Å². The Bertz CT molecular complexity index is 450. The van der Waals surface area contributed by atoms with E-state index in [4.69, 9.17) is 16.4 Å². The first-order chi connectivity index (χ1) is 8.50. The lowest BCUT2D eigenvalue weighted by molar-refractivity contribution is -0.733. The molecule has 5 nitrogen and oxygen atoms in total. The molecule has 5 heteroatoms. The standard InChI is InChI=1S/C13H19N3O2/c1-5-6-9-18-11-15-7-8-16(13(2,3)4)12(15)10-14-17/h1,7-8,10H,6,9,11H2,2-4H3/p+1. The van der Waals surface area contributed by atoms with Gasteiger partial charge in [0.2, 0.25) is 0 Å². The molecule has 1 heterocycles. The normalized spacial score (nSPS) is 11.9. The van der Waals surface area contributed by atoms with E-state index in [1.54, 1.807) is 0 Å². The van der Waals surface area contributed by atoms with Crippen LogP contribution in [0.2, 0.25) is 0 Å². The first-order valence-corrected chi connectivity index (χ1v) is 5.80. The number of oxime groups is 1. The fourth-order valence-electron chi connectivity index (χ4n) is 1.60. The first kappa shape index (κ1) is 14.3. The van der Waals surface area contributed by atoms with E-state index in [0.29, 0.717) is 19.8 Å². The van der Waals surface area contributed by atoms with Crippen molar-refractivity contribution in [1.29, 1.82) is 0 Å². The molecule has 0 aliphatic heterocycles. The highest BCUT2D eigenvalue weighted by molar-refractivity contribution is 5.72. The Labute approximate surface area is 108 Å². The number of hydrogen-bond donors (Lipinski definition) is 1. The van der Waals surface area contributed by atoms with Gasteiger partial charge in [-0.25, -0.2) is 9.13 Å². The van der Waals surface area contributed by atoms with Crippen LogP contribution in [-0.2, 0) is 17.0 Å². The molecular formula is C13H20N3O2+. The SMILES string of the molecule is C#CCCOC[n+]1ccn(C(C)(C)C)c1/C=N/O. The van der Waals surface area contributed by atoms with Crippen LogP contribution in [0, 0.1) is 12.3 Å². The average molecular weight is 250 g/mol. The quantitative estimate of drug-likeness (QED) is 0.214. The molecule has 1 aromatic rings. The lowest BCUT2D eigenvalue weighted by atomic mass is 10.1. The Morgan fingerprint density at radius 2 is 2.33 bits per heavy atom. The summed E-state index contributed by atoms with van der Waals surface area (Å²) in [6.45, 7) is 7.12. The third-order valence-electron chi connectivity index (χ3n) is 2.45. The van der Waals surface area contributed by atoms with Gasteiger partial charge in [0, 0.05) is 6.42 Å². The molecule has 0 saturated heterocycles. The zero-order valence-electron chi connectivity index (χ0n) is 11.1. The van der Waals surface area contributed by atoms with Crippen LogP contribution in [0.3, 0.4) is 0 Å². The second-order valence-corrected chi connectivity index (χ2v) is 4.90. The van der Waals surface area contributed by atoms with Gasteiger partial charge in [-0.05, 0) is 20.8 Å². The third kappa shape index (κ3) is 3.60. The smallest absolute Gasteiger partial charge is 0.305 e. The summed E-state index contributed by atoms with van der Waals surface area (Å²) < 4.78 is 9.31. The van der Waals surface area contributed by atoms with Gasteiger partial charge in [-0.1, -0.05) is 5.16 Å². The summed E-state index contributed by atoms with van der Waals surface area (Å²) in [6, 6.07) is 0. The van der Waals surface area contributed by atoms with Crippen LogP contribution in [0.25, 0.3) is 0 Å². The van der Waals surface area contributed by atoms with Gasteiger partial charge in [0.15, 0.2) is 12.9 Å². The van der Waals surface area contributed by atoms with E-state index in [1.807, 2.05) is 21.5 Å². The average Bonchev–Trinajstić information content (AvgIpc) is 2.68. The molecule has 0 atom stereocenters. The van der Waals surface area contributed by atoms with Crippen LogP contribution < -0.4 is 4.57 Å². The van der Waals surface area contributed by atoms with Crippen molar-refractivity contribution in [3.05, 3.63) is 18.2 Å². The maximum Gasteiger partial charge on any atom is 0.305 e. The molecule has 0 saturated carbocycles. The minimum Gasteiger partial charge on any atom is -0.411 e. The maximum absolute atomic E-state index is 8.74. The predicted octanol–water partition coefficient (Wildman–Crippen LogP) is 1.34. The molecule has 98 valence electrons. The monoisotopic (exact) mass is 250 g/mol. The third-order valence-corrected chi connectivity index (χ3v) is 2.45. The van der Waals surface area contributed by atoms with Gasteiger partial charge in [-0.2, -0.15) is 0 Å². The van der Waals surface area contributed by atoms with Crippen LogP contribution in [0.4, 0.5) is 0 Å². The summed E-state index contributed by atoms with van der Waals surface area (Å²) in [6.07, 6.45) is 11.0. The molecule has 0 aliphatic carbocycles. The highest BCUT2D eigenvalue weighted by atomic mass is 16.5. The van der Waals surface area contributed by atoms with E-state index in [1.165, 1.54) is 6.21 Å². The molecule has 0 spiro atoms. The Morgan fingerprint density at radius 3 is 2.89 bits per heavy atom. The second kappa shape index (κ2) is 6.22. The van der Waals surface area contributed by atoms with Crippen molar-refractivity contribution in [1.82, 2.24) is 4.57 Å². The van der Waals surface area contributed by atoms with E-state index >= 15 is 0 Å². The van der Waals surface area contributed by atoms with Crippen molar-refractivity contribution in [2.75, 3.05) is 6.61 Å². The fourth-order valence-corrected chi connectivity index (χ4v) is 1.60. The largest absolute Gasteiger partial charge is 0.411 e. The number of nitrogens with zero attached hydrogens (tertiary/aromatic N) is 3. The molecule has 0 fully saturated rings. The van der Waals surface area contributed by atoms with Crippen LogP contribution in [-0.4, -0.2) is 22.6 Å². The number of ether oxygens (including phenoxy) is 1. The fraction of sp³-hybridized carbons (Fsp3) is 0.538. The lowest BCUT2D eigenvalue weighted by Crippen LogP contribution is -2.40. The Kier molecular flexibility index (Phi) is 4.93. The highest BCUT2D eigenvalue weighted by Gasteiger charge is 2.25. The van der Waals surface area contributed by atoms with Gasteiger partial charge in [0.25, 0.3) is 0 Å². The molecule has 0 amide bonds. The van der Waals surface area contributed by atoms with Crippen LogP contribution in [0.15, 0.2) is 17.5 Å². The molecule has 18 heavy (non-hydrogen) atoms. The van der Waals surface area contributed by atoms with Crippen molar-refractivity contribution in [2.24, 2.45) is 5.16 Å². The molecular weight excluding hydrogens is 230 g/mol. The van der Waals surface area contributed by atoms with Crippen molar-refractivity contribution in [2.45, 2.75) is 39.5 Å². The number of imidazole rings is 1. The number of rotatable bonds is 5. The first-order valence-electron chi connectivity index (χ1n) is 5.80. The summed E-state index contributed by atoms with van der Waals surface area (Å²) in [5, 5.41) is 11.8. The minimum absolute atomic E-state index is 0.0966. The molecule has 0 aliphatic rings. The Morgan fingerprint density at radius 1 is 1.61 bits per heavy atom. The topological polar surface area (TPSA) is 50.6 Å². The van der Waals surface area contributed by atoms with Gasteiger partial charge >= 0.3 is 5.82 Å². The van der Waals surface area contributed by atoms with Gasteiger partial charge in [-0.3, -0.25) is 0 Å². The summed E-state index contributed by atoms with van der Waals surface area (Å²) in [7, 11) is 0. The van der Waals surface area contributed by atoms with Crippen molar-refractivity contribution in [3.63, 3.8) is 0 Å². The van der Waals surface area contributed by atoms with Gasteiger partial charge in [0.1, 0.15) is 17.9 Å². The van der Waals surface area contributed by atoms with E-state index in [0.717, 1.165) is 5.82 Å². The van der Waals surface area contributed by atoms with E-state index < -0.39 is 0 Å². The van der Waals surface area contributed by atoms with Gasteiger partial charge in [0.05, 0.1) is 6.61 Å². The molecule has 1 aromatic heterocycles. The van der Waals surface area contributed by atoms with Crippen LogP contribution >= 0.6 is 0 Å². The number of hydrogen-bond acceptors (Lipinski definition) is 3. The van der Waals surface area contributed by atoms with E-state index in [9.17, 15) is 0 Å². The van der Waals surface area contributed by atoms with Crippen LogP contribution in [0.5, 0.6) is 0 Å². The summed E-state index contributed by atoms with van der Waals surface area (Å²) in [5.74, 6) is 3.29. The molecule has 0 aromatic carbocycles. The Hall–Kier alpha value is -1.80. The summed E-state index contributed by atoms with van der Waals surface area (Å²) in [4.78, 5) is 0. The molecule has 1 N–H and O–H groups in total. The summed E-state index contributed by atoms with van der Waals surface area (Å²) in [5.41, 5.74) is -0.0966. The van der Waals surface area contributed by atoms with E-state index in [-0.39, 0.29) is 5.54 Å². The second-order valence-electron chi connectivity index (χ2n) is 4.90. The number of aromatic nitrogens is 2. The van der Waals surface area contributed by atoms with Gasteiger partial charge < -0.3 is 9.94 Å². The lowest BCUT2D eigenvalue weighted by Gasteiger charge is -2.15. The highest BCUT2D eigenvalue weighted by Crippen LogP contribution is 2.14. The van der Waals surface area contributed by atoms with Crippen molar-refractivity contribution >= 4 is 6.21 Å². The minimum atomic E-state index is -0.0966. The molecule has 0 unspecified atom stereocenters. The maximum atomic E-state index is 8.74. The number of terminal acetylenes is 1. The van der Waals surface area contributed by atoms with Crippen LogP contribution in [0.1, 0.15) is 33.0 Å². The predicted molar refractivity (Wildman–Crippen MR) is 68.4 cm³/mol. The van der Waals surface area contributed by atoms with E-state index in [2.05, 4.69) is 31.8 Å². The summed E-state index contributed by atoms with van der Waals surface area (Å²) >= 11 is 0. The zero-order valence-corrected chi connectivity index (χ0v) is 11.1. The molecule has 0 bridgehead atoms. The Balaban J connectivity index is 2.86. The van der Waals surface area contributed by atoms with Crippen molar-refractivity contribution in [3.8, 4) is 12.3 Å². The molecule has 0 radical (unpaired) electrons. The van der Waals surface area contributed by atoms with Crippen molar-refractivity contribution < 1.29 is 14.5 Å². The zero-order chi connectivity index (χ0) is 13.6.